The van der Waals surface area contributed by atoms with E-state index in [4.69, 9.17) is 0 Å². The summed E-state index contributed by atoms with van der Waals surface area (Å²) in [6.07, 6.45) is 3.50. The zero-order chi connectivity index (χ0) is 22.8. The lowest BCUT2D eigenvalue weighted by molar-refractivity contribution is -0.132. The van der Waals surface area contributed by atoms with Crippen LogP contribution in [0.25, 0.3) is 21.5 Å². The zero-order valence-electron chi connectivity index (χ0n) is 17.9. The van der Waals surface area contributed by atoms with Crippen LogP contribution < -0.4 is 5.56 Å². The monoisotopic (exact) mass is 463 g/mol. The molecular formula is C24H22FN5O2S. The molecule has 3 heterocycles. The Bertz CT molecular complexity index is 1370. The highest BCUT2D eigenvalue weighted by Gasteiger charge is 2.27. The molecular weight excluding hydrogens is 441 g/mol. The van der Waals surface area contributed by atoms with Gasteiger partial charge in [0.15, 0.2) is 5.01 Å². The summed E-state index contributed by atoms with van der Waals surface area (Å²) in [6.45, 7) is 1.52. The number of nitrogens with zero attached hydrogens (tertiary/aromatic N) is 5. The van der Waals surface area contributed by atoms with E-state index in [1.807, 2.05) is 11.0 Å². The molecule has 5 rings (SSSR count). The van der Waals surface area contributed by atoms with Crippen molar-refractivity contribution in [2.45, 2.75) is 31.7 Å². The van der Waals surface area contributed by atoms with Crippen LogP contribution in [0, 0.1) is 5.82 Å². The van der Waals surface area contributed by atoms with Crippen molar-refractivity contribution in [3.8, 4) is 10.6 Å². The highest BCUT2D eigenvalue weighted by atomic mass is 32.1. The Morgan fingerprint density at radius 3 is 2.82 bits per heavy atom. The van der Waals surface area contributed by atoms with Crippen molar-refractivity contribution < 1.29 is 9.18 Å². The van der Waals surface area contributed by atoms with Gasteiger partial charge < -0.3 is 4.90 Å². The Morgan fingerprint density at radius 1 is 1.12 bits per heavy atom. The summed E-state index contributed by atoms with van der Waals surface area (Å²) in [7, 11) is 0. The molecule has 168 valence electrons. The van der Waals surface area contributed by atoms with Crippen LogP contribution in [0.3, 0.4) is 0 Å². The van der Waals surface area contributed by atoms with Crippen LogP contribution in [-0.4, -0.2) is 43.6 Å². The number of carbonyl (C=O) groups is 1. The highest BCUT2D eigenvalue weighted by molar-refractivity contribution is 7.14. The number of fused-ring (bicyclic) bond motifs is 1. The van der Waals surface area contributed by atoms with Gasteiger partial charge in [0.05, 0.1) is 17.2 Å². The SMILES string of the molecule is O=C(CCn1cnc2ccccc2c1=O)N1CCCC(c2nnc(-c3ccccc3F)s2)C1. The van der Waals surface area contributed by atoms with E-state index in [0.717, 1.165) is 17.8 Å². The van der Waals surface area contributed by atoms with Gasteiger partial charge in [0.1, 0.15) is 10.8 Å². The van der Waals surface area contributed by atoms with E-state index in [2.05, 4.69) is 15.2 Å². The molecule has 1 fully saturated rings. The minimum Gasteiger partial charge on any atom is -0.342 e. The van der Waals surface area contributed by atoms with Crippen molar-refractivity contribution >= 4 is 28.1 Å². The molecule has 4 aromatic rings. The summed E-state index contributed by atoms with van der Waals surface area (Å²) < 4.78 is 15.6. The molecule has 1 aliphatic rings. The Labute approximate surface area is 193 Å². The van der Waals surface area contributed by atoms with E-state index in [-0.39, 0.29) is 36.2 Å². The second-order valence-electron chi connectivity index (χ2n) is 8.11. The maximum Gasteiger partial charge on any atom is 0.261 e. The Hall–Kier alpha value is -3.46. The fourth-order valence-corrected chi connectivity index (χ4v) is 5.18. The Morgan fingerprint density at radius 2 is 1.94 bits per heavy atom. The average molecular weight is 464 g/mol. The largest absolute Gasteiger partial charge is 0.342 e. The lowest BCUT2D eigenvalue weighted by atomic mass is 9.98. The molecule has 2 aromatic carbocycles. The number of rotatable bonds is 5. The van der Waals surface area contributed by atoms with Crippen LogP contribution in [0.15, 0.2) is 59.7 Å². The molecule has 0 aliphatic carbocycles. The number of aromatic nitrogens is 4. The summed E-state index contributed by atoms with van der Waals surface area (Å²) in [5.41, 5.74) is 0.953. The van der Waals surface area contributed by atoms with E-state index in [9.17, 15) is 14.0 Å². The molecule has 1 aliphatic heterocycles. The summed E-state index contributed by atoms with van der Waals surface area (Å²) in [4.78, 5) is 31.7. The molecule has 9 heteroatoms. The molecule has 33 heavy (non-hydrogen) atoms. The average Bonchev–Trinajstić information content (AvgIpc) is 3.34. The molecule has 0 saturated carbocycles. The van der Waals surface area contributed by atoms with Gasteiger partial charge in [-0.3, -0.25) is 14.2 Å². The fourth-order valence-electron chi connectivity index (χ4n) is 4.19. The molecule has 2 aromatic heterocycles. The normalized spacial score (nSPS) is 16.3. The Balaban J connectivity index is 1.25. The number of hydrogen-bond acceptors (Lipinski definition) is 6. The smallest absolute Gasteiger partial charge is 0.261 e. The van der Waals surface area contributed by atoms with Crippen molar-refractivity contribution in [1.82, 2.24) is 24.6 Å². The minimum atomic E-state index is -0.320. The lowest BCUT2D eigenvalue weighted by Crippen LogP contribution is -2.39. The van der Waals surface area contributed by atoms with Crippen LogP contribution in [-0.2, 0) is 11.3 Å². The lowest BCUT2D eigenvalue weighted by Gasteiger charge is -2.31. The van der Waals surface area contributed by atoms with Gasteiger partial charge in [-0.15, -0.1) is 10.2 Å². The predicted octanol–water partition coefficient (Wildman–Crippen LogP) is 3.85. The summed E-state index contributed by atoms with van der Waals surface area (Å²) >= 11 is 1.38. The standard InChI is InChI=1S/C24H22FN5O2S/c25-19-9-3-1-7-17(19)23-28-27-22(33-23)16-6-5-12-29(14-16)21(31)11-13-30-15-26-20-10-4-2-8-18(20)24(30)32/h1-4,7-10,15-16H,5-6,11-14H2. The van der Waals surface area contributed by atoms with Crippen molar-refractivity contribution in [2.75, 3.05) is 13.1 Å². The van der Waals surface area contributed by atoms with E-state index in [0.29, 0.717) is 34.6 Å². The number of benzene rings is 2. The zero-order valence-corrected chi connectivity index (χ0v) is 18.7. The van der Waals surface area contributed by atoms with Crippen molar-refractivity contribution in [3.63, 3.8) is 0 Å². The minimum absolute atomic E-state index is 0.00130. The molecule has 0 spiro atoms. The number of likely N-dealkylation sites (tertiary alicyclic amines) is 1. The van der Waals surface area contributed by atoms with E-state index in [1.165, 1.54) is 28.3 Å². The third kappa shape index (κ3) is 4.41. The number of aryl methyl sites for hydroxylation is 1. The topological polar surface area (TPSA) is 81.0 Å². The molecule has 1 atom stereocenters. The second kappa shape index (κ2) is 9.19. The molecule has 1 unspecified atom stereocenters. The van der Waals surface area contributed by atoms with Gasteiger partial charge in [-0.25, -0.2) is 9.37 Å². The van der Waals surface area contributed by atoms with Crippen molar-refractivity contribution in [1.29, 1.82) is 0 Å². The van der Waals surface area contributed by atoms with Crippen LogP contribution >= 0.6 is 11.3 Å². The summed E-state index contributed by atoms with van der Waals surface area (Å²) in [5, 5.41) is 10.4. The summed E-state index contributed by atoms with van der Waals surface area (Å²) in [5.74, 6) is -0.247. The van der Waals surface area contributed by atoms with Gasteiger partial charge in [-0.2, -0.15) is 0 Å². The molecule has 0 bridgehead atoms. The first-order valence-corrected chi connectivity index (χ1v) is 11.7. The van der Waals surface area contributed by atoms with Crippen LogP contribution in [0.5, 0.6) is 0 Å². The van der Waals surface area contributed by atoms with Gasteiger partial charge in [0, 0.05) is 37.5 Å². The second-order valence-corrected chi connectivity index (χ2v) is 9.12. The van der Waals surface area contributed by atoms with Gasteiger partial charge in [-0.05, 0) is 37.1 Å². The molecule has 1 amide bonds. The van der Waals surface area contributed by atoms with Crippen molar-refractivity contribution in [3.05, 3.63) is 76.0 Å². The summed E-state index contributed by atoms with van der Waals surface area (Å²) in [6, 6.07) is 13.7. The first-order valence-electron chi connectivity index (χ1n) is 10.9. The maximum atomic E-state index is 14.1. The fraction of sp³-hybridized carbons (Fsp3) is 0.292. The maximum absolute atomic E-state index is 14.1. The van der Waals surface area contributed by atoms with Crippen LogP contribution in [0.1, 0.15) is 30.2 Å². The number of para-hydroxylation sites is 1. The van der Waals surface area contributed by atoms with E-state index >= 15 is 0 Å². The highest BCUT2D eigenvalue weighted by Crippen LogP contribution is 2.33. The number of halogens is 1. The quantitative estimate of drug-likeness (QED) is 0.449. The Kier molecular flexibility index (Phi) is 5.95. The van der Waals surface area contributed by atoms with Gasteiger partial charge >= 0.3 is 0 Å². The van der Waals surface area contributed by atoms with Crippen LogP contribution in [0.2, 0.25) is 0 Å². The number of carbonyl (C=O) groups excluding carboxylic acids is 1. The van der Waals surface area contributed by atoms with Crippen LogP contribution in [0.4, 0.5) is 4.39 Å². The van der Waals surface area contributed by atoms with Gasteiger partial charge in [0.2, 0.25) is 5.91 Å². The number of piperidine rings is 1. The third-order valence-corrected chi connectivity index (χ3v) is 7.09. The van der Waals surface area contributed by atoms with E-state index in [1.54, 1.807) is 36.4 Å². The van der Waals surface area contributed by atoms with Crippen molar-refractivity contribution in [2.24, 2.45) is 0 Å². The first kappa shape index (κ1) is 21.4. The first-order chi connectivity index (χ1) is 16.1. The number of hydrogen-bond donors (Lipinski definition) is 0. The predicted molar refractivity (Wildman–Crippen MR) is 124 cm³/mol. The molecule has 7 nitrogen and oxygen atoms in total. The molecule has 0 radical (unpaired) electrons. The van der Waals surface area contributed by atoms with Gasteiger partial charge in [0.25, 0.3) is 5.56 Å². The van der Waals surface area contributed by atoms with E-state index < -0.39 is 0 Å². The molecule has 0 N–H and O–H groups in total. The molecule has 1 saturated heterocycles. The third-order valence-electron chi connectivity index (χ3n) is 5.97. The number of amides is 1. The van der Waals surface area contributed by atoms with Gasteiger partial charge in [-0.1, -0.05) is 35.6 Å².